The van der Waals surface area contributed by atoms with E-state index in [9.17, 15) is 4.79 Å². The monoisotopic (exact) mass is 393 g/mol. The Morgan fingerprint density at radius 1 is 1.24 bits per heavy atom. The molecule has 1 saturated heterocycles. The van der Waals surface area contributed by atoms with E-state index in [-0.39, 0.29) is 5.91 Å². The SMILES string of the molecule is CCn1cc(-c2cc(C(=O)NCCN3CCOCC3)c3ccccc3n2)c(C)n1. The predicted octanol–water partition coefficient (Wildman–Crippen LogP) is 2.49. The Morgan fingerprint density at radius 2 is 2.03 bits per heavy atom. The molecule has 29 heavy (non-hydrogen) atoms. The Hall–Kier alpha value is -2.77. The Bertz CT molecular complexity index is 1010. The number of hydrogen-bond acceptors (Lipinski definition) is 5. The van der Waals surface area contributed by atoms with E-state index in [0.29, 0.717) is 12.1 Å². The van der Waals surface area contributed by atoms with E-state index in [1.807, 2.05) is 48.1 Å². The third-order valence-electron chi connectivity index (χ3n) is 5.32. The van der Waals surface area contributed by atoms with E-state index in [2.05, 4.69) is 22.2 Å². The van der Waals surface area contributed by atoms with Gasteiger partial charge in [0, 0.05) is 49.9 Å². The van der Waals surface area contributed by atoms with Crippen molar-refractivity contribution < 1.29 is 9.53 Å². The molecule has 0 bridgehead atoms. The molecule has 1 aromatic carbocycles. The Morgan fingerprint density at radius 3 is 2.79 bits per heavy atom. The maximum Gasteiger partial charge on any atom is 0.252 e. The highest BCUT2D eigenvalue weighted by Gasteiger charge is 2.17. The third-order valence-corrected chi connectivity index (χ3v) is 5.32. The Kier molecular flexibility index (Phi) is 5.87. The van der Waals surface area contributed by atoms with Gasteiger partial charge in [0.1, 0.15) is 0 Å². The van der Waals surface area contributed by atoms with Gasteiger partial charge in [-0.3, -0.25) is 14.4 Å². The van der Waals surface area contributed by atoms with Gasteiger partial charge in [0.2, 0.25) is 0 Å². The number of carbonyl (C=O) groups is 1. The number of nitrogens with one attached hydrogen (secondary N) is 1. The Balaban J connectivity index is 1.60. The van der Waals surface area contributed by atoms with E-state index in [1.54, 1.807) is 0 Å². The topological polar surface area (TPSA) is 72.3 Å². The molecule has 3 aromatic rings. The second kappa shape index (κ2) is 8.71. The van der Waals surface area contributed by atoms with Crippen LogP contribution in [0, 0.1) is 6.92 Å². The van der Waals surface area contributed by atoms with Crippen molar-refractivity contribution in [2.75, 3.05) is 39.4 Å². The molecule has 0 spiro atoms. The van der Waals surface area contributed by atoms with Crippen LogP contribution in [0.3, 0.4) is 0 Å². The highest BCUT2D eigenvalue weighted by molar-refractivity contribution is 6.07. The molecular weight excluding hydrogens is 366 g/mol. The Labute approximate surface area is 170 Å². The van der Waals surface area contributed by atoms with Gasteiger partial charge >= 0.3 is 0 Å². The lowest BCUT2D eigenvalue weighted by atomic mass is 10.0. The summed E-state index contributed by atoms with van der Waals surface area (Å²) in [4.78, 5) is 20.1. The first-order valence-corrected chi connectivity index (χ1v) is 10.2. The van der Waals surface area contributed by atoms with E-state index >= 15 is 0 Å². The number of para-hydroxylation sites is 1. The number of aryl methyl sites for hydroxylation is 2. The summed E-state index contributed by atoms with van der Waals surface area (Å²) >= 11 is 0. The molecule has 7 heteroatoms. The summed E-state index contributed by atoms with van der Waals surface area (Å²) in [7, 11) is 0. The van der Waals surface area contributed by atoms with Crippen LogP contribution >= 0.6 is 0 Å². The zero-order chi connectivity index (χ0) is 20.2. The van der Waals surface area contributed by atoms with Gasteiger partial charge < -0.3 is 10.1 Å². The van der Waals surface area contributed by atoms with Gasteiger partial charge in [-0.25, -0.2) is 4.98 Å². The van der Waals surface area contributed by atoms with Gasteiger partial charge in [0.15, 0.2) is 0 Å². The average molecular weight is 393 g/mol. The van der Waals surface area contributed by atoms with Crippen LogP contribution in [0.25, 0.3) is 22.2 Å². The van der Waals surface area contributed by atoms with Crippen molar-refractivity contribution in [2.45, 2.75) is 20.4 Å². The van der Waals surface area contributed by atoms with Crippen molar-refractivity contribution in [3.63, 3.8) is 0 Å². The summed E-state index contributed by atoms with van der Waals surface area (Å²) in [6.45, 7) is 9.61. The largest absolute Gasteiger partial charge is 0.379 e. The van der Waals surface area contributed by atoms with Gasteiger partial charge in [-0.1, -0.05) is 18.2 Å². The molecule has 2 aromatic heterocycles. The highest BCUT2D eigenvalue weighted by Crippen LogP contribution is 2.26. The number of nitrogens with zero attached hydrogens (tertiary/aromatic N) is 4. The smallest absolute Gasteiger partial charge is 0.252 e. The maximum atomic E-state index is 13.0. The van der Waals surface area contributed by atoms with Gasteiger partial charge in [0.05, 0.1) is 35.7 Å². The van der Waals surface area contributed by atoms with Crippen molar-refractivity contribution in [1.82, 2.24) is 25.0 Å². The van der Waals surface area contributed by atoms with Gasteiger partial charge in [-0.15, -0.1) is 0 Å². The minimum atomic E-state index is -0.0707. The lowest BCUT2D eigenvalue weighted by Gasteiger charge is -2.26. The minimum Gasteiger partial charge on any atom is -0.379 e. The molecule has 1 N–H and O–H groups in total. The number of benzene rings is 1. The van der Waals surface area contributed by atoms with Crippen LogP contribution in [0.15, 0.2) is 36.5 Å². The van der Waals surface area contributed by atoms with E-state index in [1.165, 1.54) is 0 Å². The second-order valence-electron chi connectivity index (χ2n) is 7.27. The van der Waals surface area contributed by atoms with Gasteiger partial charge in [0.25, 0.3) is 5.91 Å². The normalized spacial score (nSPS) is 15.0. The summed E-state index contributed by atoms with van der Waals surface area (Å²) in [6.07, 6.45) is 1.99. The lowest BCUT2D eigenvalue weighted by molar-refractivity contribution is 0.0383. The molecule has 0 unspecified atom stereocenters. The molecule has 0 aliphatic carbocycles. The fraction of sp³-hybridized carbons (Fsp3) is 0.409. The van der Waals surface area contributed by atoms with Crippen LogP contribution in [0.5, 0.6) is 0 Å². The highest BCUT2D eigenvalue weighted by atomic mass is 16.5. The van der Waals surface area contributed by atoms with Gasteiger partial charge in [-0.2, -0.15) is 5.10 Å². The molecule has 0 atom stereocenters. The minimum absolute atomic E-state index is 0.0707. The second-order valence-corrected chi connectivity index (χ2v) is 7.27. The number of aromatic nitrogens is 3. The van der Waals surface area contributed by atoms with Crippen LogP contribution in [-0.4, -0.2) is 65.0 Å². The third kappa shape index (κ3) is 4.31. The fourth-order valence-electron chi connectivity index (χ4n) is 3.68. The number of fused-ring (bicyclic) bond motifs is 1. The van der Waals surface area contributed by atoms with Crippen molar-refractivity contribution >= 4 is 16.8 Å². The molecule has 1 fully saturated rings. The van der Waals surface area contributed by atoms with Gasteiger partial charge in [-0.05, 0) is 26.0 Å². The fourth-order valence-corrected chi connectivity index (χ4v) is 3.68. The van der Waals surface area contributed by atoms with Crippen molar-refractivity contribution in [2.24, 2.45) is 0 Å². The number of carbonyl (C=O) groups excluding carboxylic acids is 1. The number of amides is 1. The van der Waals surface area contributed by atoms with Crippen LogP contribution in [0.2, 0.25) is 0 Å². The van der Waals surface area contributed by atoms with Crippen molar-refractivity contribution in [3.05, 3.63) is 47.8 Å². The first-order valence-electron chi connectivity index (χ1n) is 10.2. The summed E-state index contributed by atoms with van der Waals surface area (Å²) in [5.74, 6) is -0.0707. The molecule has 0 radical (unpaired) electrons. The first-order chi connectivity index (χ1) is 14.2. The number of hydrogen-bond donors (Lipinski definition) is 1. The average Bonchev–Trinajstić information content (AvgIpc) is 3.14. The standard InChI is InChI=1S/C22H27N5O2/c1-3-27-15-19(16(2)25-27)21-14-18(17-6-4-5-7-20(17)24-21)22(28)23-8-9-26-10-12-29-13-11-26/h4-7,14-15H,3,8-13H2,1-2H3,(H,23,28). The van der Waals surface area contributed by atoms with Crippen LogP contribution in [-0.2, 0) is 11.3 Å². The van der Waals surface area contributed by atoms with Crippen LogP contribution in [0.1, 0.15) is 23.0 Å². The van der Waals surface area contributed by atoms with Crippen LogP contribution in [0.4, 0.5) is 0 Å². The summed E-state index contributed by atoms with van der Waals surface area (Å²) in [5, 5.41) is 8.46. The van der Waals surface area contributed by atoms with Crippen molar-refractivity contribution in [1.29, 1.82) is 0 Å². The van der Waals surface area contributed by atoms with Crippen molar-refractivity contribution in [3.8, 4) is 11.3 Å². The molecule has 152 valence electrons. The summed E-state index contributed by atoms with van der Waals surface area (Å²) in [5.41, 5.74) is 4.11. The molecule has 1 aliphatic heterocycles. The zero-order valence-corrected chi connectivity index (χ0v) is 17.0. The maximum absolute atomic E-state index is 13.0. The predicted molar refractivity (Wildman–Crippen MR) is 113 cm³/mol. The number of ether oxygens (including phenoxy) is 1. The first kappa shape index (κ1) is 19.5. The van der Waals surface area contributed by atoms with Crippen LogP contribution < -0.4 is 5.32 Å². The number of morpholine rings is 1. The zero-order valence-electron chi connectivity index (χ0n) is 17.0. The summed E-state index contributed by atoms with van der Waals surface area (Å²) in [6, 6.07) is 9.67. The number of rotatable bonds is 6. The molecule has 7 nitrogen and oxygen atoms in total. The lowest BCUT2D eigenvalue weighted by Crippen LogP contribution is -2.41. The van der Waals surface area contributed by atoms with E-state index in [4.69, 9.17) is 9.72 Å². The summed E-state index contributed by atoms with van der Waals surface area (Å²) < 4.78 is 7.27. The molecule has 1 amide bonds. The quantitative estimate of drug-likeness (QED) is 0.697. The van der Waals surface area contributed by atoms with E-state index in [0.717, 1.165) is 67.2 Å². The molecule has 1 aliphatic rings. The molecule has 4 rings (SSSR count). The van der Waals surface area contributed by atoms with E-state index < -0.39 is 0 Å². The molecular formula is C22H27N5O2. The number of pyridine rings is 1. The molecule has 0 saturated carbocycles. The molecule has 3 heterocycles.